The van der Waals surface area contributed by atoms with E-state index in [9.17, 15) is 9.90 Å². The Hall–Kier alpha value is -0.610. The second-order valence-corrected chi connectivity index (χ2v) is 5.03. The number of rotatable bonds is 3. The normalized spacial score (nSPS) is 34.9. The van der Waals surface area contributed by atoms with Gasteiger partial charge in [-0.3, -0.25) is 4.79 Å². The molecule has 4 nitrogen and oxygen atoms in total. The van der Waals surface area contributed by atoms with E-state index in [-0.39, 0.29) is 30.4 Å². The van der Waals surface area contributed by atoms with E-state index in [1.807, 2.05) is 0 Å². The molecule has 1 aliphatic heterocycles. The fourth-order valence-electron chi connectivity index (χ4n) is 2.80. The second-order valence-electron chi connectivity index (χ2n) is 5.03. The van der Waals surface area contributed by atoms with Crippen LogP contribution >= 0.6 is 0 Å². The summed E-state index contributed by atoms with van der Waals surface area (Å²) in [7, 11) is 0. The first kappa shape index (κ1) is 11.9. The molecule has 92 valence electrons. The van der Waals surface area contributed by atoms with Crippen LogP contribution in [0.1, 0.15) is 32.1 Å². The monoisotopic (exact) mass is 226 g/mol. The Morgan fingerprint density at radius 2 is 2.12 bits per heavy atom. The minimum atomic E-state index is 0.140. The van der Waals surface area contributed by atoms with Crippen LogP contribution in [0.5, 0.6) is 0 Å². The SMILES string of the molecule is O=C(NC1CCCCC1CO)C1CCNC1. The Morgan fingerprint density at radius 3 is 2.81 bits per heavy atom. The van der Waals surface area contributed by atoms with Gasteiger partial charge in [-0.25, -0.2) is 0 Å². The van der Waals surface area contributed by atoms with Crippen LogP contribution in [0.2, 0.25) is 0 Å². The van der Waals surface area contributed by atoms with Gasteiger partial charge in [0.15, 0.2) is 0 Å². The van der Waals surface area contributed by atoms with Crippen molar-refractivity contribution < 1.29 is 9.90 Å². The van der Waals surface area contributed by atoms with Gasteiger partial charge in [0, 0.05) is 25.1 Å². The first-order valence-electron chi connectivity index (χ1n) is 6.43. The Morgan fingerprint density at radius 1 is 1.31 bits per heavy atom. The zero-order valence-electron chi connectivity index (χ0n) is 9.74. The summed E-state index contributed by atoms with van der Waals surface area (Å²) in [5.41, 5.74) is 0. The molecule has 0 spiro atoms. The third-order valence-corrected chi connectivity index (χ3v) is 3.90. The lowest BCUT2D eigenvalue weighted by molar-refractivity contribution is -0.125. The minimum Gasteiger partial charge on any atom is -0.396 e. The number of hydrogen-bond donors (Lipinski definition) is 3. The number of nitrogens with one attached hydrogen (secondary N) is 2. The van der Waals surface area contributed by atoms with Crippen LogP contribution in [0.15, 0.2) is 0 Å². The van der Waals surface area contributed by atoms with Gasteiger partial charge in [-0.2, -0.15) is 0 Å². The second kappa shape index (κ2) is 5.64. The van der Waals surface area contributed by atoms with Gasteiger partial charge in [0.25, 0.3) is 0 Å². The van der Waals surface area contributed by atoms with Gasteiger partial charge in [-0.05, 0) is 25.8 Å². The quantitative estimate of drug-likeness (QED) is 0.647. The van der Waals surface area contributed by atoms with E-state index in [1.54, 1.807) is 0 Å². The van der Waals surface area contributed by atoms with Crippen molar-refractivity contribution in [3.63, 3.8) is 0 Å². The van der Waals surface area contributed by atoms with Crippen LogP contribution in [0.3, 0.4) is 0 Å². The molecular formula is C12H22N2O2. The van der Waals surface area contributed by atoms with Crippen LogP contribution in [0.25, 0.3) is 0 Å². The lowest BCUT2D eigenvalue weighted by Gasteiger charge is -2.31. The van der Waals surface area contributed by atoms with Crippen molar-refractivity contribution in [2.24, 2.45) is 11.8 Å². The largest absolute Gasteiger partial charge is 0.396 e. The predicted molar refractivity (Wildman–Crippen MR) is 62.0 cm³/mol. The average Bonchev–Trinajstić information content (AvgIpc) is 2.83. The molecule has 3 atom stereocenters. The number of carbonyl (C=O) groups excluding carboxylic acids is 1. The first-order valence-corrected chi connectivity index (χ1v) is 6.43. The van der Waals surface area contributed by atoms with Gasteiger partial charge in [0.2, 0.25) is 5.91 Å². The number of aliphatic hydroxyl groups is 1. The highest BCUT2D eigenvalue weighted by Crippen LogP contribution is 2.24. The highest BCUT2D eigenvalue weighted by molar-refractivity contribution is 5.79. The minimum absolute atomic E-state index is 0.140. The molecule has 0 aromatic heterocycles. The number of amides is 1. The molecule has 0 aromatic carbocycles. The van der Waals surface area contributed by atoms with Crippen molar-refractivity contribution in [1.82, 2.24) is 10.6 Å². The summed E-state index contributed by atoms with van der Waals surface area (Å²) in [5, 5.41) is 15.6. The molecule has 0 radical (unpaired) electrons. The summed E-state index contributed by atoms with van der Waals surface area (Å²) in [6.07, 6.45) is 5.37. The standard InChI is InChI=1S/C12H22N2O2/c15-8-10-3-1-2-4-11(10)14-12(16)9-5-6-13-7-9/h9-11,13,15H,1-8H2,(H,14,16). The van der Waals surface area contributed by atoms with E-state index in [1.165, 1.54) is 12.8 Å². The number of hydrogen-bond acceptors (Lipinski definition) is 3. The molecule has 16 heavy (non-hydrogen) atoms. The summed E-state index contributed by atoms with van der Waals surface area (Å²) < 4.78 is 0. The van der Waals surface area contributed by atoms with Crippen molar-refractivity contribution in [1.29, 1.82) is 0 Å². The summed E-state index contributed by atoms with van der Waals surface area (Å²) in [4.78, 5) is 11.9. The molecule has 1 amide bonds. The molecule has 1 saturated heterocycles. The maximum absolute atomic E-state index is 11.9. The summed E-state index contributed by atoms with van der Waals surface area (Å²) in [6, 6.07) is 0.201. The van der Waals surface area contributed by atoms with Gasteiger partial charge in [-0.1, -0.05) is 12.8 Å². The summed E-state index contributed by atoms with van der Waals surface area (Å²) >= 11 is 0. The van der Waals surface area contributed by atoms with Crippen molar-refractivity contribution in [2.45, 2.75) is 38.1 Å². The van der Waals surface area contributed by atoms with Gasteiger partial charge in [0.1, 0.15) is 0 Å². The molecule has 0 aromatic rings. The first-order chi connectivity index (χ1) is 7.81. The molecular weight excluding hydrogens is 204 g/mol. The molecule has 1 heterocycles. The lowest BCUT2D eigenvalue weighted by Crippen LogP contribution is -2.46. The van der Waals surface area contributed by atoms with Crippen molar-refractivity contribution >= 4 is 5.91 Å². The Labute approximate surface area is 96.8 Å². The molecule has 1 saturated carbocycles. The number of carbonyl (C=O) groups is 1. The maximum atomic E-state index is 11.9. The summed E-state index contributed by atoms with van der Waals surface area (Å²) in [6.45, 7) is 1.96. The highest BCUT2D eigenvalue weighted by atomic mass is 16.3. The van der Waals surface area contributed by atoms with E-state index in [2.05, 4.69) is 10.6 Å². The van der Waals surface area contributed by atoms with Crippen LogP contribution in [0, 0.1) is 11.8 Å². The third-order valence-electron chi connectivity index (χ3n) is 3.90. The molecule has 3 unspecified atom stereocenters. The van der Waals surface area contributed by atoms with Gasteiger partial charge in [-0.15, -0.1) is 0 Å². The molecule has 3 N–H and O–H groups in total. The lowest BCUT2D eigenvalue weighted by atomic mass is 9.84. The molecule has 1 aliphatic carbocycles. The van der Waals surface area contributed by atoms with Crippen molar-refractivity contribution in [2.75, 3.05) is 19.7 Å². The molecule has 2 rings (SSSR count). The van der Waals surface area contributed by atoms with Crippen LogP contribution in [0.4, 0.5) is 0 Å². The van der Waals surface area contributed by atoms with E-state index in [0.717, 1.165) is 32.4 Å². The van der Waals surface area contributed by atoms with Gasteiger partial charge in [0.05, 0.1) is 5.92 Å². The average molecular weight is 226 g/mol. The van der Waals surface area contributed by atoms with E-state index < -0.39 is 0 Å². The fourth-order valence-corrected chi connectivity index (χ4v) is 2.80. The highest BCUT2D eigenvalue weighted by Gasteiger charge is 2.29. The molecule has 0 bridgehead atoms. The topological polar surface area (TPSA) is 61.4 Å². The fraction of sp³-hybridized carbons (Fsp3) is 0.917. The zero-order chi connectivity index (χ0) is 11.4. The van der Waals surface area contributed by atoms with Crippen LogP contribution < -0.4 is 10.6 Å². The Kier molecular flexibility index (Phi) is 4.18. The molecule has 4 heteroatoms. The van der Waals surface area contributed by atoms with Crippen molar-refractivity contribution in [3.05, 3.63) is 0 Å². The van der Waals surface area contributed by atoms with Gasteiger partial charge >= 0.3 is 0 Å². The molecule has 2 fully saturated rings. The summed E-state index contributed by atoms with van der Waals surface area (Å²) in [5.74, 6) is 0.587. The third kappa shape index (κ3) is 2.74. The smallest absolute Gasteiger partial charge is 0.224 e. The van der Waals surface area contributed by atoms with Gasteiger partial charge < -0.3 is 15.7 Å². The van der Waals surface area contributed by atoms with E-state index in [4.69, 9.17) is 0 Å². The maximum Gasteiger partial charge on any atom is 0.224 e. The Balaban J connectivity index is 1.84. The van der Waals surface area contributed by atoms with E-state index in [0.29, 0.717) is 0 Å². The Bertz CT molecular complexity index is 239. The number of aliphatic hydroxyl groups excluding tert-OH is 1. The van der Waals surface area contributed by atoms with Crippen LogP contribution in [-0.2, 0) is 4.79 Å². The molecule has 2 aliphatic rings. The van der Waals surface area contributed by atoms with E-state index >= 15 is 0 Å². The predicted octanol–water partition coefficient (Wildman–Crippen LogP) is 0.263. The van der Waals surface area contributed by atoms with Crippen LogP contribution in [-0.4, -0.2) is 36.8 Å². The van der Waals surface area contributed by atoms with Crippen molar-refractivity contribution in [3.8, 4) is 0 Å². The zero-order valence-corrected chi connectivity index (χ0v) is 9.74.